The van der Waals surface area contributed by atoms with Gasteiger partial charge in [0.05, 0.1) is 13.2 Å². The summed E-state index contributed by atoms with van der Waals surface area (Å²) in [7, 11) is 3.31. The molecule has 4 nitrogen and oxygen atoms in total. The topological polar surface area (TPSA) is 38.8 Å². The van der Waals surface area contributed by atoms with Crippen LogP contribution in [-0.2, 0) is 14.3 Å². The molecule has 0 bridgehead atoms. The van der Waals surface area contributed by atoms with Gasteiger partial charge in [-0.1, -0.05) is 39.5 Å². The summed E-state index contributed by atoms with van der Waals surface area (Å²) in [5.74, 6) is 3.62. The first-order valence-corrected chi connectivity index (χ1v) is 9.14. The third-order valence-corrected chi connectivity index (χ3v) is 4.69. The van der Waals surface area contributed by atoms with Crippen molar-refractivity contribution < 1.29 is 14.3 Å². The maximum atomic E-state index is 13.0. The van der Waals surface area contributed by atoms with Crippen molar-refractivity contribution in [1.29, 1.82) is 0 Å². The third-order valence-electron chi connectivity index (χ3n) is 4.69. The summed E-state index contributed by atoms with van der Waals surface area (Å²) in [5.41, 5.74) is 0. The van der Waals surface area contributed by atoms with E-state index < -0.39 is 0 Å². The van der Waals surface area contributed by atoms with E-state index in [0.29, 0.717) is 0 Å². The highest BCUT2D eigenvalue weighted by Crippen LogP contribution is 2.31. The number of carbonyl (C=O) groups is 1. The first-order valence-electron chi connectivity index (χ1n) is 9.14. The molecule has 3 atom stereocenters. The summed E-state index contributed by atoms with van der Waals surface area (Å²) in [6, 6.07) is -0.00726. The molecule has 0 saturated carbocycles. The van der Waals surface area contributed by atoms with E-state index >= 15 is 0 Å². The lowest BCUT2D eigenvalue weighted by molar-refractivity contribution is -0.146. The molecule has 136 valence electrons. The second-order valence-corrected chi connectivity index (χ2v) is 6.51. The number of hydrogen-bond acceptors (Lipinski definition) is 3. The molecule has 0 fully saturated rings. The highest BCUT2D eigenvalue weighted by molar-refractivity contribution is 5.80. The quantitative estimate of drug-likeness (QED) is 0.421. The van der Waals surface area contributed by atoms with Crippen LogP contribution in [0.15, 0.2) is 11.8 Å². The lowest BCUT2D eigenvalue weighted by Crippen LogP contribution is -2.46. The van der Waals surface area contributed by atoms with Crippen LogP contribution in [0.3, 0.4) is 0 Å². The Morgan fingerprint density at radius 1 is 1.33 bits per heavy atom. The molecule has 1 unspecified atom stereocenters. The molecule has 0 radical (unpaired) electrons. The summed E-state index contributed by atoms with van der Waals surface area (Å²) in [4.78, 5) is 14.9. The fraction of sp³-hybridized carbons (Fsp3) is 0.750. The summed E-state index contributed by atoms with van der Waals surface area (Å²) in [6.07, 6.45) is 14.8. The second-order valence-electron chi connectivity index (χ2n) is 6.51. The summed E-state index contributed by atoms with van der Waals surface area (Å²) < 4.78 is 11.1. The molecule has 1 heterocycles. The zero-order chi connectivity index (χ0) is 17.9. The van der Waals surface area contributed by atoms with Gasteiger partial charge in [-0.05, 0) is 19.3 Å². The molecule has 0 aromatic carbocycles. The number of methoxy groups -OCH3 is 2. The Morgan fingerprint density at radius 3 is 2.67 bits per heavy atom. The van der Waals surface area contributed by atoms with Gasteiger partial charge in [0.25, 0.3) is 0 Å². The van der Waals surface area contributed by atoms with Crippen LogP contribution in [-0.4, -0.2) is 37.3 Å². The lowest BCUT2D eigenvalue weighted by atomic mass is 10.00. The van der Waals surface area contributed by atoms with E-state index in [4.69, 9.17) is 15.9 Å². The van der Waals surface area contributed by atoms with Crippen molar-refractivity contribution in [1.82, 2.24) is 4.90 Å². The Hall–Kier alpha value is -1.47. The van der Waals surface area contributed by atoms with Gasteiger partial charge in [0.2, 0.25) is 5.91 Å². The van der Waals surface area contributed by atoms with Crippen molar-refractivity contribution >= 4 is 5.91 Å². The van der Waals surface area contributed by atoms with Crippen molar-refractivity contribution in [2.24, 2.45) is 5.92 Å². The maximum absolute atomic E-state index is 13.0. The van der Waals surface area contributed by atoms with Crippen molar-refractivity contribution in [2.45, 2.75) is 77.5 Å². The largest absolute Gasteiger partial charge is 0.499 e. The molecule has 4 heteroatoms. The van der Waals surface area contributed by atoms with Gasteiger partial charge in [0.15, 0.2) is 6.23 Å². The predicted octanol–water partition coefficient (Wildman–Crippen LogP) is 4.11. The molecule has 1 amide bonds. The molecule has 0 spiro atoms. The number of rotatable bonds is 11. The highest BCUT2D eigenvalue weighted by Gasteiger charge is 2.40. The average molecular weight is 335 g/mol. The van der Waals surface area contributed by atoms with Gasteiger partial charge in [-0.3, -0.25) is 4.79 Å². The molecule has 0 aromatic heterocycles. The molecule has 0 N–H and O–H groups in total. The predicted molar refractivity (Wildman–Crippen MR) is 97.1 cm³/mol. The fourth-order valence-electron chi connectivity index (χ4n) is 3.24. The van der Waals surface area contributed by atoms with Crippen LogP contribution >= 0.6 is 0 Å². The third kappa shape index (κ3) is 5.56. The number of ether oxygens (including phenoxy) is 2. The number of hydrogen-bond donors (Lipinski definition) is 0. The highest BCUT2D eigenvalue weighted by atomic mass is 16.5. The summed E-state index contributed by atoms with van der Waals surface area (Å²) in [6.45, 7) is 4.18. The number of amides is 1. The van der Waals surface area contributed by atoms with Crippen LogP contribution in [0.2, 0.25) is 0 Å². The smallest absolute Gasteiger partial charge is 0.228 e. The Morgan fingerprint density at radius 2 is 2.08 bits per heavy atom. The van der Waals surface area contributed by atoms with Gasteiger partial charge in [-0.15, -0.1) is 12.3 Å². The molecular weight excluding hydrogens is 302 g/mol. The zero-order valence-corrected chi connectivity index (χ0v) is 15.7. The minimum atomic E-state index is -0.327. The Bertz CT molecular complexity index is 452. The van der Waals surface area contributed by atoms with Gasteiger partial charge in [0, 0.05) is 25.5 Å². The molecule has 24 heavy (non-hydrogen) atoms. The van der Waals surface area contributed by atoms with Crippen molar-refractivity contribution in [2.75, 3.05) is 14.2 Å². The Labute approximate surface area is 147 Å². The number of carbonyl (C=O) groups excluding carboxylic acids is 1. The molecule has 0 saturated heterocycles. The van der Waals surface area contributed by atoms with E-state index in [1.165, 1.54) is 0 Å². The van der Waals surface area contributed by atoms with E-state index in [2.05, 4.69) is 12.8 Å². The standard InChI is InChI=1S/C20H33NO3/c1-6-8-10-12-13-16(3)20(22)21-17(14-11-9-7-2)18(23-4)15-19(21)24-5/h1,15-17,19H,7-14H2,2-5H3/t16-,17+,19?/m1/s1. The van der Waals surface area contributed by atoms with Crippen LogP contribution in [0.1, 0.15) is 65.2 Å². The molecule has 0 aliphatic carbocycles. The van der Waals surface area contributed by atoms with Gasteiger partial charge >= 0.3 is 0 Å². The van der Waals surface area contributed by atoms with Crippen LogP contribution in [0, 0.1) is 18.3 Å². The van der Waals surface area contributed by atoms with Crippen molar-refractivity contribution in [3.63, 3.8) is 0 Å². The number of terminal acetylenes is 1. The van der Waals surface area contributed by atoms with E-state index in [0.717, 1.165) is 57.1 Å². The average Bonchev–Trinajstić information content (AvgIpc) is 2.95. The maximum Gasteiger partial charge on any atom is 0.228 e. The first kappa shape index (κ1) is 20.6. The van der Waals surface area contributed by atoms with Crippen molar-refractivity contribution in [3.8, 4) is 12.3 Å². The van der Waals surface area contributed by atoms with Crippen LogP contribution in [0.25, 0.3) is 0 Å². The number of unbranched alkanes of at least 4 members (excludes halogenated alkanes) is 4. The minimum absolute atomic E-state index is 0.00726. The summed E-state index contributed by atoms with van der Waals surface area (Å²) in [5, 5.41) is 0. The van der Waals surface area contributed by atoms with E-state index in [1.54, 1.807) is 14.2 Å². The molecule has 1 aliphatic rings. The van der Waals surface area contributed by atoms with Gasteiger partial charge in [-0.25, -0.2) is 0 Å². The SMILES string of the molecule is C#CCCCC[C@@H](C)C(=O)N1C(OC)C=C(OC)[C@@H]1CCCCC. The van der Waals surface area contributed by atoms with Crippen LogP contribution in [0.5, 0.6) is 0 Å². The second kappa shape index (κ2) is 11.1. The normalized spacial score (nSPS) is 21.3. The fourth-order valence-corrected chi connectivity index (χ4v) is 3.24. The van der Waals surface area contributed by atoms with E-state index in [9.17, 15) is 4.79 Å². The number of nitrogens with zero attached hydrogens (tertiary/aromatic N) is 1. The van der Waals surface area contributed by atoms with Gasteiger partial charge in [-0.2, -0.15) is 0 Å². The molecule has 1 aliphatic heterocycles. The van der Waals surface area contributed by atoms with Crippen molar-refractivity contribution in [3.05, 3.63) is 11.8 Å². The lowest BCUT2D eigenvalue weighted by Gasteiger charge is -2.32. The van der Waals surface area contributed by atoms with Crippen LogP contribution < -0.4 is 0 Å². The minimum Gasteiger partial charge on any atom is -0.499 e. The van der Waals surface area contributed by atoms with Gasteiger partial charge in [0.1, 0.15) is 5.76 Å². The monoisotopic (exact) mass is 335 g/mol. The van der Waals surface area contributed by atoms with E-state index in [-0.39, 0.29) is 24.1 Å². The molecule has 0 aromatic rings. The van der Waals surface area contributed by atoms with Gasteiger partial charge < -0.3 is 14.4 Å². The first-order chi connectivity index (χ1) is 11.6. The zero-order valence-electron chi connectivity index (χ0n) is 15.7. The van der Waals surface area contributed by atoms with Crippen LogP contribution in [0.4, 0.5) is 0 Å². The Balaban J connectivity index is 2.74. The summed E-state index contributed by atoms with van der Waals surface area (Å²) >= 11 is 0. The Kier molecular flexibility index (Phi) is 9.56. The van der Waals surface area contributed by atoms with E-state index in [1.807, 2.05) is 17.9 Å². The molecular formula is C20H33NO3. The molecule has 1 rings (SSSR count).